The van der Waals surface area contributed by atoms with Crippen LogP contribution in [0.25, 0.3) is 0 Å². The number of carbonyl (C=O) groups is 1. The van der Waals surface area contributed by atoms with Crippen molar-refractivity contribution in [1.82, 2.24) is 5.32 Å². The Balaban J connectivity index is 3.02. The largest absolute Gasteiger partial charge is 0.410 e. The maximum Gasteiger partial charge on any atom is 0.230 e. The molecule has 0 radical (unpaired) electrons. The zero-order chi connectivity index (χ0) is 14.5. The molecule has 1 aromatic rings. The first-order chi connectivity index (χ1) is 8.90. The van der Waals surface area contributed by atoms with E-state index in [1.807, 2.05) is 51.1 Å². The van der Waals surface area contributed by atoms with Crippen LogP contribution in [0.4, 0.5) is 0 Å². The molecule has 19 heavy (non-hydrogen) atoms. The van der Waals surface area contributed by atoms with Gasteiger partial charge in [0.05, 0.1) is 5.92 Å². The van der Waals surface area contributed by atoms with Gasteiger partial charge in [-0.15, -0.1) is 0 Å². The molecule has 0 aliphatic rings. The maximum atomic E-state index is 12.0. The number of thioether (sulfide) groups is 1. The number of oxime groups is 1. The summed E-state index contributed by atoms with van der Waals surface area (Å²) in [4.78, 5) is 13.0. The molecule has 1 aromatic carbocycles. The van der Waals surface area contributed by atoms with Crippen molar-refractivity contribution in [1.29, 1.82) is 0 Å². The lowest BCUT2D eigenvalue weighted by molar-refractivity contribution is -0.124. The molecule has 0 aliphatic heterocycles. The van der Waals surface area contributed by atoms with Gasteiger partial charge in [0.1, 0.15) is 5.04 Å². The molecule has 0 aliphatic carbocycles. The fourth-order valence-corrected chi connectivity index (χ4v) is 2.92. The molecule has 0 saturated carbocycles. The highest BCUT2D eigenvalue weighted by Crippen LogP contribution is 2.34. The zero-order valence-electron chi connectivity index (χ0n) is 11.7. The lowest BCUT2D eigenvalue weighted by Crippen LogP contribution is -2.40. The van der Waals surface area contributed by atoms with Crippen LogP contribution in [0.5, 0.6) is 0 Å². The Hall–Kier alpha value is -1.49. The van der Waals surface area contributed by atoms with Crippen LogP contribution in [-0.4, -0.2) is 23.2 Å². The van der Waals surface area contributed by atoms with Crippen LogP contribution >= 0.6 is 11.8 Å². The fraction of sp³-hybridized carbons (Fsp3) is 0.429. The maximum absolute atomic E-state index is 12.0. The van der Waals surface area contributed by atoms with Crippen molar-refractivity contribution in [2.75, 3.05) is 7.05 Å². The van der Waals surface area contributed by atoms with Gasteiger partial charge < -0.3 is 10.5 Å². The third kappa shape index (κ3) is 4.28. The minimum Gasteiger partial charge on any atom is -0.410 e. The van der Waals surface area contributed by atoms with Gasteiger partial charge in [0.15, 0.2) is 0 Å². The highest BCUT2D eigenvalue weighted by Gasteiger charge is 2.36. The summed E-state index contributed by atoms with van der Waals surface area (Å²) < 4.78 is 0. The lowest BCUT2D eigenvalue weighted by Gasteiger charge is -2.29. The van der Waals surface area contributed by atoms with Crippen LogP contribution in [0.2, 0.25) is 0 Å². The van der Waals surface area contributed by atoms with Crippen LogP contribution in [0.1, 0.15) is 20.8 Å². The Morgan fingerprint density at radius 3 is 2.32 bits per heavy atom. The molecule has 1 atom stereocenters. The first kappa shape index (κ1) is 15.6. The monoisotopic (exact) mass is 280 g/mol. The van der Waals surface area contributed by atoms with E-state index < -0.39 is 5.92 Å². The van der Waals surface area contributed by atoms with E-state index in [0.717, 1.165) is 4.90 Å². The minimum atomic E-state index is -0.493. The quantitative estimate of drug-likeness (QED) is 0.294. The summed E-state index contributed by atoms with van der Waals surface area (Å²) in [6.45, 7) is 5.84. The molecule has 1 rings (SSSR count). The number of carbonyl (C=O) groups excluding carboxylic acids is 1. The van der Waals surface area contributed by atoms with Crippen molar-refractivity contribution in [3.8, 4) is 0 Å². The Morgan fingerprint density at radius 2 is 1.89 bits per heavy atom. The van der Waals surface area contributed by atoms with Crippen molar-refractivity contribution in [3.05, 3.63) is 30.3 Å². The van der Waals surface area contributed by atoms with Gasteiger partial charge in [0.2, 0.25) is 5.91 Å². The van der Waals surface area contributed by atoms with Crippen LogP contribution in [0.15, 0.2) is 40.4 Å². The standard InChI is InChI=1S/C14H20N2O2S/c1-14(2,3)11(12(17)15-4)13(16-18)19-10-8-6-5-7-9-10/h5-9,11,18H,1-4H3,(H,15,17)/b16-13-. The normalized spacial score (nSPS) is 14.0. The number of amides is 1. The van der Waals surface area contributed by atoms with E-state index in [4.69, 9.17) is 0 Å². The van der Waals surface area contributed by atoms with Crippen molar-refractivity contribution >= 4 is 22.7 Å². The van der Waals surface area contributed by atoms with Gasteiger partial charge in [-0.25, -0.2) is 0 Å². The first-order valence-corrected chi connectivity index (χ1v) is 6.88. The van der Waals surface area contributed by atoms with Gasteiger partial charge in [-0.05, 0) is 17.5 Å². The summed E-state index contributed by atoms with van der Waals surface area (Å²) in [6, 6.07) is 9.56. The van der Waals surface area contributed by atoms with Crippen LogP contribution in [0, 0.1) is 11.3 Å². The van der Waals surface area contributed by atoms with Gasteiger partial charge in [-0.2, -0.15) is 0 Å². The number of nitrogens with one attached hydrogen (secondary N) is 1. The summed E-state index contributed by atoms with van der Waals surface area (Å²) >= 11 is 1.31. The van der Waals surface area contributed by atoms with Crippen molar-refractivity contribution in [3.63, 3.8) is 0 Å². The molecule has 1 unspecified atom stereocenters. The second-order valence-corrected chi connectivity index (χ2v) is 6.36. The molecular formula is C14H20N2O2S. The van der Waals surface area contributed by atoms with Crippen LogP contribution in [0.3, 0.4) is 0 Å². The molecule has 0 aromatic heterocycles. The Bertz CT molecular complexity index is 452. The van der Waals surface area contributed by atoms with Crippen molar-refractivity contribution in [2.24, 2.45) is 16.5 Å². The third-order valence-electron chi connectivity index (χ3n) is 2.69. The molecule has 1 amide bonds. The van der Waals surface area contributed by atoms with E-state index in [2.05, 4.69) is 10.5 Å². The number of rotatable bonds is 3. The Labute approximate surface area is 118 Å². The number of hydrogen-bond donors (Lipinski definition) is 2. The van der Waals surface area contributed by atoms with E-state index in [1.54, 1.807) is 7.05 Å². The molecule has 104 valence electrons. The molecule has 0 spiro atoms. The van der Waals surface area contributed by atoms with E-state index in [1.165, 1.54) is 11.8 Å². The second kappa shape index (κ2) is 6.61. The fourth-order valence-electron chi connectivity index (χ4n) is 1.77. The lowest BCUT2D eigenvalue weighted by atomic mass is 9.80. The molecule has 2 N–H and O–H groups in total. The second-order valence-electron chi connectivity index (χ2n) is 5.27. The topological polar surface area (TPSA) is 61.7 Å². The van der Waals surface area contributed by atoms with Gasteiger partial charge >= 0.3 is 0 Å². The van der Waals surface area contributed by atoms with E-state index in [9.17, 15) is 10.0 Å². The molecule has 0 fully saturated rings. The number of nitrogens with zero attached hydrogens (tertiary/aromatic N) is 1. The van der Waals surface area contributed by atoms with E-state index in [-0.39, 0.29) is 11.3 Å². The summed E-state index contributed by atoms with van der Waals surface area (Å²) in [5, 5.41) is 15.6. The highest BCUT2D eigenvalue weighted by atomic mass is 32.2. The molecule has 4 nitrogen and oxygen atoms in total. The summed E-state index contributed by atoms with van der Waals surface area (Å²) in [5.41, 5.74) is -0.330. The molecule has 5 heteroatoms. The van der Waals surface area contributed by atoms with Gasteiger partial charge in [-0.3, -0.25) is 4.79 Å². The average Bonchev–Trinajstić information content (AvgIpc) is 2.37. The van der Waals surface area contributed by atoms with Gasteiger partial charge in [0.25, 0.3) is 0 Å². The number of hydrogen-bond acceptors (Lipinski definition) is 4. The molecular weight excluding hydrogens is 260 g/mol. The minimum absolute atomic E-state index is 0.149. The molecule has 0 bridgehead atoms. The van der Waals surface area contributed by atoms with E-state index in [0.29, 0.717) is 5.04 Å². The van der Waals surface area contributed by atoms with Crippen molar-refractivity contribution in [2.45, 2.75) is 25.7 Å². The predicted molar refractivity (Wildman–Crippen MR) is 78.5 cm³/mol. The number of benzene rings is 1. The first-order valence-electron chi connectivity index (χ1n) is 6.06. The third-order valence-corrected chi connectivity index (χ3v) is 3.72. The average molecular weight is 280 g/mol. The smallest absolute Gasteiger partial charge is 0.230 e. The summed E-state index contributed by atoms with van der Waals surface area (Å²) in [5.74, 6) is -0.642. The van der Waals surface area contributed by atoms with Crippen LogP contribution in [-0.2, 0) is 4.79 Å². The van der Waals surface area contributed by atoms with Crippen molar-refractivity contribution < 1.29 is 10.0 Å². The Kier molecular flexibility index (Phi) is 5.42. The molecule has 0 saturated heterocycles. The van der Waals surface area contributed by atoms with E-state index >= 15 is 0 Å². The SMILES string of the molecule is CNC(=O)C(/C(=N/O)Sc1ccccc1)C(C)(C)C. The highest BCUT2D eigenvalue weighted by molar-refractivity contribution is 8.14. The Morgan fingerprint density at radius 1 is 1.32 bits per heavy atom. The predicted octanol–water partition coefficient (Wildman–Crippen LogP) is 2.97. The van der Waals surface area contributed by atoms with Gasteiger partial charge in [-0.1, -0.05) is 55.9 Å². The van der Waals surface area contributed by atoms with Gasteiger partial charge in [0, 0.05) is 11.9 Å². The summed E-state index contributed by atoms with van der Waals surface area (Å²) in [7, 11) is 1.59. The van der Waals surface area contributed by atoms with Crippen LogP contribution < -0.4 is 5.32 Å². The summed E-state index contributed by atoms with van der Waals surface area (Å²) in [6.07, 6.45) is 0. The zero-order valence-corrected chi connectivity index (χ0v) is 12.5. The molecule has 0 heterocycles.